The van der Waals surface area contributed by atoms with Crippen LogP contribution in [0.2, 0.25) is 5.02 Å². The lowest BCUT2D eigenvalue weighted by Crippen LogP contribution is -2.11. The number of hydrogen-bond donors (Lipinski definition) is 1. The lowest BCUT2D eigenvalue weighted by Gasteiger charge is -2.09. The van der Waals surface area contributed by atoms with Gasteiger partial charge in [0.15, 0.2) is 0 Å². The van der Waals surface area contributed by atoms with Gasteiger partial charge in [0.2, 0.25) is 0 Å². The molecule has 2 aromatic carbocycles. The molecule has 0 saturated heterocycles. The normalized spacial score (nSPS) is 10.0. The quantitative estimate of drug-likeness (QED) is 0.903. The van der Waals surface area contributed by atoms with Crippen LogP contribution in [0.4, 0.5) is 10.5 Å². The minimum Gasteiger partial charge on any atom is -0.493 e. The molecule has 1 amide bonds. The summed E-state index contributed by atoms with van der Waals surface area (Å²) in [5.74, 6) is 0.692. The van der Waals surface area contributed by atoms with Crippen molar-refractivity contribution < 1.29 is 14.3 Å². The molecule has 5 heteroatoms. The van der Waals surface area contributed by atoms with Gasteiger partial charge in [-0.05, 0) is 29.8 Å². The topological polar surface area (TPSA) is 47.6 Å². The maximum atomic E-state index is 11.1. The van der Waals surface area contributed by atoms with Gasteiger partial charge in [0, 0.05) is 23.2 Å². The number of methoxy groups -OCH3 is 1. The average molecular weight is 306 g/mol. The van der Waals surface area contributed by atoms with Crippen molar-refractivity contribution in [3.05, 3.63) is 59.1 Å². The zero-order valence-electron chi connectivity index (χ0n) is 11.6. The van der Waals surface area contributed by atoms with E-state index in [1.165, 1.54) is 7.11 Å². The molecule has 4 nitrogen and oxygen atoms in total. The van der Waals surface area contributed by atoms with Gasteiger partial charge in [0.1, 0.15) is 5.75 Å². The van der Waals surface area contributed by atoms with E-state index in [0.717, 1.165) is 17.0 Å². The molecular formula is C16H16ClNO3. The van der Waals surface area contributed by atoms with E-state index in [2.05, 4.69) is 10.1 Å². The van der Waals surface area contributed by atoms with Crippen LogP contribution in [0, 0.1) is 0 Å². The lowest BCUT2D eigenvalue weighted by atomic mass is 10.2. The summed E-state index contributed by atoms with van der Waals surface area (Å²) in [5.41, 5.74) is 1.79. The fourth-order valence-electron chi connectivity index (χ4n) is 1.77. The van der Waals surface area contributed by atoms with E-state index in [1.54, 1.807) is 12.1 Å². The summed E-state index contributed by atoms with van der Waals surface area (Å²) >= 11 is 5.84. The standard InChI is InChI=1S/C16H16ClNO3/c1-20-16(19)18-14-3-2-4-15(11-14)21-10-9-12-5-7-13(17)8-6-12/h2-8,11H,9-10H2,1H3,(H,18,19). The molecule has 0 aliphatic rings. The highest BCUT2D eigenvalue weighted by molar-refractivity contribution is 6.30. The van der Waals surface area contributed by atoms with Gasteiger partial charge < -0.3 is 9.47 Å². The molecule has 0 radical (unpaired) electrons. The van der Waals surface area contributed by atoms with E-state index >= 15 is 0 Å². The minimum atomic E-state index is -0.506. The Bertz CT molecular complexity index is 599. The maximum absolute atomic E-state index is 11.1. The predicted molar refractivity (Wildman–Crippen MR) is 83.1 cm³/mol. The SMILES string of the molecule is COC(=O)Nc1cccc(OCCc2ccc(Cl)cc2)c1. The van der Waals surface area contributed by atoms with Crippen molar-refractivity contribution in [3.8, 4) is 5.75 Å². The van der Waals surface area contributed by atoms with Crippen molar-refractivity contribution in [3.63, 3.8) is 0 Å². The third kappa shape index (κ3) is 5.00. The van der Waals surface area contributed by atoms with Gasteiger partial charge in [-0.25, -0.2) is 4.79 Å². The van der Waals surface area contributed by atoms with Crippen molar-refractivity contribution in [2.24, 2.45) is 0 Å². The molecule has 0 spiro atoms. The first-order valence-corrected chi connectivity index (χ1v) is 6.87. The first-order valence-electron chi connectivity index (χ1n) is 6.49. The van der Waals surface area contributed by atoms with E-state index in [4.69, 9.17) is 16.3 Å². The molecule has 0 fully saturated rings. The first kappa shape index (κ1) is 15.2. The fraction of sp³-hybridized carbons (Fsp3) is 0.188. The number of halogens is 1. The first-order chi connectivity index (χ1) is 10.2. The zero-order valence-corrected chi connectivity index (χ0v) is 12.4. The number of carbonyl (C=O) groups is 1. The van der Waals surface area contributed by atoms with Crippen LogP contribution in [0.15, 0.2) is 48.5 Å². The summed E-state index contributed by atoms with van der Waals surface area (Å²) in [4.78, 5) is 11.1. The highest BCUT2D eigenvalue weighted by Gasteiger charge is 2.02. The lowest BCUT2D eigenvalue weighted by molar-refractivity contribution is 0.187. The average Bonchev–Trinajstić information content (AvgIpc) is 2.49. The number of rotatable bonds is 5. The second-order valence-electron chi connectivity index (χ2n) is 4.37. The minimum absolute atomic E-state index is 0.506. The monoisotopic (exact) mass is 305 g/mol. The van der Waals surface area contributed by atoms with Crippen molar-refractivity contribution in [1.29, 1.82) is 0 Å². The van der Waals surface area contributed by atoms with Crippen LogP contribution in [-0.2, 0) is 11.2 Å². The number of amides is 1. The van der Waals surface area contributed by atoms with Gasteiger partial charge in [0.05, 0.1) is 13.7 Å². The zero-order chi connectivity index (χ0) is 15.1. The molecule has 0 bridgehead atoms. The molecule has 0 atom stereocenters. The maximum Gasteiger partial charge on any atom is 0.411 e. The third-order valence-electron chi connectivity index (χ3n) is 2.84. The van der Waals surface area contributed by atoms with Crippen LogP contribution < -0.4 is 10.1 Å². The van der Waals surface area contributed by atoms with Crippen LogP contribution in [0.1, 0.15) is 5.56 Å². The summed E-state index contributed by atoms with van der Waals surface area (Å²) in [7, 11) is 1.32. The van der Waals surface area contributed by atoms with Crippen molar-refractivity contribution in [2.75, 3.05) is 19.0 Å². The molecule has 0 aliphatic carbocycles. The molecule has 0 saturated carbocycles. The molecule has 0 aromatic heterocycles. The molecule has 110 valence electrons. The molecule has 0 heterocycles. The Kier molecular flexibility index (Phi) is 5.46. The van der Waals surface area contributed by atoms with E-state index in [-0.39, 0.29) is 0 Å². The second kappa shape index (κ2) is 7.55. The highest BCUT2D eigenvalue weighted by atomic mass is 35.5. The number of carbonyl (C=O) groups excluding carboxylic acids is 1. The third-order valence-corrected chi connectivity index (χ3v) is 3.09. The smallest absolute Gasteiger partial charge is 0.411 e. The van der Waals surface area contributed by atoms with Gasteiger partial charge in [-0.2, -0.15) is 0 Å². The summed E-state index contributed by atoms with van der Waals surface area (Å²) in [6, 6.07) is 14.8. The molecule has 2 rings (SSSR count). The Morgan fingerprint density at radius 1 is 1.19 bits per heavy atom. The number of anilines is 1. The Morgan fingerprint density at radius 3 is 2.67 bits per heavy atom. The molecule has 21 heavy (non-hydrogen) atoms. The Labute approximate surface area is 128 Å². The van der Waals surface area contributed by atoms with E-state index in [1.807, 2.05) is 36.4 Å². The number of ether oxygens (including phenoxy) is 2. The van der Waals surface area contributed by atoms with Crippen molar-refractivity contribution >= 4 is 23.4 Å². The van der Waals surface area contributed by atoms with Gasteiger partial charge >= 0.3 is 6.09 Å². The molecule has 1 N–H and O–H groups in total. The fourth-order valence-corrected chi connectivity index (χ4v) is 1.90. The summed E-state index contributed by atoms with van der Waals surface area (Å²) in [5, 5.41) is 3.31. The van der Waals surface area contributed by atoms with E-state index in [0.29, 0.717) is 18.0 Å². The van der Waals surface area contributed by atoms with Gasteiger partial charge in [-0.15, -0.1) is 0 Å². The molecular weight excluding hydrogens is 290 g/mol. The predicted octanol–water partition coefficient (Wildman–Crippen LogP) is 4.14. The molecule has 0 aliphatic heterocycles. The number of hydrogen-bond acceptors (Lipinski definition) is 3. The van der Waals surface area contributed by atoms with Crippen LogP contribution in [0.3, 0.4) is 0 Å². The summed E-state index contributed by atoms with van der Waals surface area (Å²) in [6.07, 6.45) is 0.277. The van der Waals surface area contributed by atoms with Gasteiger partial charge in [-0.1, -0.05) is 29.8 Å². The van der Waals surface area contributed by atoms with Crippen molar-refractivity contribution in [2.45, 2.75) is 6.42 Å². The van der Waals surface area contributed by atoms with Gasteiger partial charge in [0.25, 0.3) is 0 Å². The Hall–Kier alpha value is -2.20. The summed E-state index contributed by atoms with van der Waals surface area (Å²) < 4.78 is 10.2. The number of nitrogens with one attached hydrogen (secondary N) is 1. The van der Waals surface area contributed by atoms with Crippen LogP contribution >= 0.6 is 11.6 Å². The van der Waals surface area contributed by atoms with E-state index in [9.17, 15) is 4.79 Å². The van der Waals surface area contributed by atoms with Crippen LogP contribution in [-0.4, -0.2) is 19.8 Å². The largest absolute Gasteiger partial charge is 0.493 e. The Balaban J connectivity index is 1.86. The second-order valence-corrected chi connectivity index (χ2v) is 4.81. The molecule has 0 unspecified atom stereocenters. The van der Waals surface area contributed by atoms with Crippen LogP contribution in [0.5, 0.6) is 5.75 Å². The number of benzene rings is 2. The Morgan fingerprint density at radius 2 is 1.95 bits per heavy atom. The van der Waals surface area contributed by atoms with Crippen LogP contribution in [0.25, 0.3) is 0 Å². The molecule has 2 aromatic rings. The highest BCUT2D eigenvalue weighted by Crippen LogP contribution is 2.18. The summed E-state index contributed by atoms with van der Waals surface area (Å²) in [6.45, 7) is 0.545. The van der Waals surface area contributed by atoms with Crippen molar-refractivity contribution in [1.82, 2.24) is 0 Å². The van der Waals surface area contributed by atoms with E-state index < -0.39 is 6.09 Å². The van der Waals surface area contributed by atoms with Gasteiger partial charge in [-0.3, -0.25) is 5.32 Å².